The van der Waals surface area contributed by atoms with Crippen molar-refractivity contribution in [2.75, 3.05) is 26.7 Å². The molecular formula is C15H32N2. The fourth-order valence-corrected chi connectivity index (χ4v) is 2.71. The van der Waals surface area contributed by atoms with E-state index in [1.54, 1.807) is 0 Å². The second-order valence-electron chi connectivity index (χ2n) is 5.60. The molecule has 2 nitrogen and oxygen atoms in total. The topological polar surface area (TPSA) is 15.3 Å². The lowest BCUT2D eigenvalue weighted by atomic mass is 10.1. The summed E-state index contributed by atoms with van der Waals surface area (Å²) in [6.07, 6.45) is 12.7. The van der Waals surface area contributed by atoms with Crippen LogP contribution in [-0.2, 0) is 0 Å². The van der Waals surface area contributed by atoms with Crippen LogP contribution < -0.4 is 5.32 Å². The number of piperidine rings is 1. The largest absolute Gasteiger partial charge is 0.315 e. The van der Waals surface area contributed by atoms with Gasteiger partial charge in [-0.25, -0.2) is 0 Å². The maximum Gasteiger partial charge on any atom is 0.0218 e. The molecule has 0 aromatic rings. The molecule has 1 aliphatic heterocycles. The SMILES string of the molecule is CCCCCCCCCN(C)C1CCCNC1. The summed E-state index contributed by atoms with van der Waals surface area (Å²) in [5.41, 5.74) is 0. The highest BCUT2D eigenvalue weighted by Gasteiger charge is 2.16. The van der Waals surface area contributed by atoms with E-state index in [-0.39, 0.29) is 0 Å². The molecule has 1 heterocycles. The van der Waals surface area contributed by atoms with Gasteiger partial charge in [-0.3, -0.25) is 0 Å². The van der Waals surface area contributed by atoms with Crippen molar-refractivity contribution in [1.82, 2.24) is 10.2 Å². The minimum atomic E-state index is 0.795. The first-order chi connectivity index (χ1) is 8.34. The smallest absolute Gasteiger partial charge is 0.0218 e. The molecule has 0 aromatic heterocycles. The van der Waals surface area contributed by atoms with Gasteiger partial charge in [-0.05, 0) is 39.4 Å². The molecule has 0 spiro atoms. The van der Waals surface area contributed by atoms with Gasteiger partial charge < -0.3 is 10.2 Å². The van der Waals surface area contributed by atoms with E-state index in [0.29, 0.717) is 0 Å². The highest BCUT2D eigenvalue weighted by Crippen LogP contribution is 2.11. The number of hydrogen-bond donors (Lipinski definition) is 1. The fraction of sp³-hybridized carbons (Fsp3) is 1.00. The quantitative estimate of drug-likeness (QED) is 0.621. The van der Waals surface area contributed by atoms with Crippen molar-refractivity contribution in [3.63, 3.8) is 0 Å². The van der Waals surface area contributed by atoms with E-state index in [1.807, 2.05) is 0 Å². The number of rotatable bonds is 9. The van der Waals surface area contributed by atoms with Crippen LogP contribution in [0.1, 0.15) is 64.7 Å². The number of unbranched alkanes of at least 4 members (excludes halogenated alkanes) is 6. The minimum absolute atomic E-state index is 0.795. The van der Waals surface area contributed by atoms with Gasteiger partial charge in [-0.2, -0.15) is 0 Å². The van der Waals surface area contributed by atoms with Crippen LogP contribution in [0.4, 0.5) is 0 Å². The average molecular weight is 240 g/mol. The van der Waals surface area contributed by atoms with E-state index in [0.717, 1.165) is 6.04 Å². The van der Waals surface area contributed by atoms with E-state index >= 15 is 0 Å². The Balaban J connectivity index is 1.90. The minimum Gasteiger partial charge on any atom is -0.315 e. The molecule has 1 aliphatic rings. The molecule has 1 rings (SSSR count). The molecule has 1 saturated heterocycles. The van der Waals surface area contributed by atoms with Gasteiger partial charge in [0.15, 0.2) is 0 Å². The third kappa shape index (κ3) is 7.05. The summed E-state index contributed by atoms with van der Waals surface area (Å²) in [5, 5.41) is 3.50. The zero-order valence-corrected chi connectivity index (χ0v) is 12.0. The lowest BCUT2D eigenvalue weighted by Gasteiger charge is -2.31. The van der Waals surface area contributed by atoms with Crippen LogP contribution in [0.3, 0.4) is 0 Å². The molecule has 1 atom stereocenters. The molecule has 0 radical (unpaired) electrons. The molecule has 0 bridgehead atoms. The van der Waals surface area contributed by atoms with Crippen LogP contribution in [0.15, 0.2) is 0 Å². The number of hydrogen-bond acceptors (Lipinski definition) is 2. The molecule has 1 N–H and O–H groups in total. The first kappa shape index (κ1) is 15.0. The van der Waals surface area contributed by atoms with Crippen LogP contribution in [-0.4, -0.2) is 37.6 Å². The van der Waals surface area contributed by atoms with Crippen molar-refractivity contribution in [3.05, 3.63) is 0 Å². The van der Waals surface area contributed by atoms with Gasteiger partial charge in [-0.1, -0.05) is 45.4 Å². The van der Waals surface area contributed by atoms with Gasteiger partial charge in [0, 0.05) is 12.6 Å². The van der Waals surface area contributed by atoms with Gasteiger partial charge in [-0.15, -0.1) is 0 Å². The Morgan fingerprint density at radius 1 is 1.06 bits per heavy atom. The Kier molecular flexibility index (Phi) is 8.72. The van der Waals surface area contributed by atoms with Crippen LogP contribution in [0.2, 0.25) is 0 Å². The van der Waals surface area contributed by atoms with E-state index < -0.39 is 0 Å². The summed E-state index contributed by atoms with van der Waals surface area (Å²) >= 11 is 0. The molecule has 1 fully saturated rings. The van der Waals surface area contributed by atoms with Gasteiger partial charge in [0.25, 0.3) is 0 Å². The maximum absolute atomic E-state index is 3.50. The Labute approximate surface area is 108 Å². The standard InChI is InChI=1S/C15H32N2/c1-3-4-5-6-7-8-9-13-17(2)15-11-10-12-16-14-15/h15-16H,3-14H2,1-2H3. The maximum atomic E-state index is 3.50. The lowest BCUT2D eigenvalue weighted by Crippen LogP contribution is -2.44. The van der Waals surface area contributed by atoms with Crippen molar-refractivity contribution in [2.45, 2.75) is 70.8 Å². The number of nitrogens with one attached hydrogen (secondary N) is 1. The molecule has 0 amide bonds. The molecule has 0 aromatic carbocycles. The van der Waals surface area contributed by atoms with Gasteiger partial charge in [0.1, 0.15) is 0 Å². The number of likely N-dealkylation sites (N-methyl/N-ethyl adjacent to an activating group) is 1. The van der Waals surface area contributed by atoms with Crippen LogP contribution in [0.5, 0.6) is 0 Å². The van der Waals surface area contributed by atoms with E-state index in [9.17, 15) is 0 Å². The van der Waals surface area contributed by atoms with Crippen LogP contribution in [0, 0.1) is 0 Å². The van der Waals surface area contributed by atoms with Gasteiger partial charge in [0.05, 0.1) is 0 Å². The summed E-state index contributed by atoms with van der Waals surface area (Å²) in [7, 11) is 2.30. The average Bonchev–Trinajstić information content (AvgIpc) is 2.38. The second-order valence-corrected chi connectivity index (χ2v) is 5.60. The second kappa shape index (κ2) is 9.90. The van der Waals surface area contributed by atoms with Crippen LogP contribution in [0.25, 0.3) is 0 Å². The number of nitrogens with zero attached hydrogens (tertiary/aromatic N) is 1. The van der Waals surface area contributed by atoms with Crippen molar-refractivity contribution in [3.8, 4) is 0 Å². The van der Waals surface area contributed by atoms with E-state index in [4.69, 9.17) is 0 Å². The first-order valence-electron chi connectivity index (χ1n) is 7.75. The summed E-state index contributed by atoms with van der Waals surface area (Å²) in [4.78, 5) is 2.57. The van der Waals surface area contributed by atoms with Crippen molar-refractivity contribution in [1.29, 1.82) is 0 Å². The Hall–Kier alpha value is -0.0800. The zero-order chi connectivity index (χ0) is 12.3. The van der Waals surface area contributed by atoms with Crippen molar-refractivity contribution in [2.24, 2.45) is 0 Å². The summed E-state index contributed by atoms with van der Waals surface area (Å²) in [6.45, 7) is 6.00. The zero-order valence-electron chi connectivity index (χ0n) is 12.0. The van der Waals surface area contributed by atoms with Crippen molar-refractivity contribution < 1.29 is 0 Å². The first-order valence-corrected chi connectivity index (χ1v) is 7.75. The van der Waals surface area contributed by atoms with Gasteiger partial charge >= 0.3 is 0 Å². The van der Waals surface area contributed by atoms with Crippen LogP contribution >= 0.6 is 0 Å². The highest BCUT2D eigenvalue weighted by molar-refractivity contribution is 4.76. The Morgan fingerprint density at radius 3 is 2.41 bits per heavy atom. The highest BCUT2D eigenvalue weighted by atomic mass is 15.1. The fourth-order valence-electron chi connectivity index (χ4n) is 2.71. The molecular weight excluding hydrogens is 208 g/mol. The molecule has 102 valence electrons. The molecule has 1 unspecified atom stereocenters. The lowest BCUT2D eigenvalue weighted by molar-refractivity contribution is 0.199. The Morgan fingerprint density at radius 2 is 1.76 bits per heavy atom. The predicted octanol–water partition coefficient (Wildman–Crippen LogP) is 3.42. The molecule has 0 aliphatic carbocycles. The molecule has 17 heavy (non-hydrogen) atoms. The monoisotopic (exact) mass is 240 g/mol. The van der Waals surface area contributed by atoms with E-state index in [2.05, 4.69) is 24.2 Å². The summed E-state index contributed by atoms with van der Waals surface area (Å²) in [5.74, 6) is 0. The molecule has 0 saturated carbocycles. The van der Waals surface area contributed by atoms with Gasteiger partial charge in [0.2, 0.25) is 0 Å². The normalized spacial score (nSPS) is 21.0. The third-order valence-electron chi connectivity index (χ3n) is 4.01. The predicted molar refractivity (Wildman–Crippen MR) is 76.5 cm³/mol. The van der Waals surface area contributed by atoms with E-state index in [1.165, 1.54) is 77.4 Å². The summed E-state index contributed by atoms with van der Waals surface area (Å²) < 4.78 is 0. The third-order valence-corrected chi connectivity index (χ3v) is 4.01. The summed E-state index contributed by atoms with van der Waals surface area (Å²) in [6, 6.07) is 0.795. The Bertz CT molecular complexity index is 164. The molecule has 2 heteroatoms. The van der Waals surface area contributed by atoms with Crippen molar-refractivity contribution >= 4 is 0 Å².